The van der Waals surface area contributed by atoms with Gasteiger partial charge >= 0.3 is 5.97 Å². The van der Waals surface area contributed by atoms with Gasteiger partial charge < -0.3 is 5.11 Å². The van der Waals surface area contributed by atoms with Gasteiger partial charge in [0.05, 0.1) is 4.90 Å². The molecule has 0 aromatic heterocycles. The molecule has 0 heterocycles. The van der Waals surface area contributed by atoms with Crippen LogP contribution in [0.1, 0.15) is 19.3 Å². The number of hydrogen-bond donors (Lipinski definition) is 3. The van der Waals surface area contributed by atoms with Crippen molar-refractivity contribution in [3.8, 4) is 0 Å². The predicted octanol–water partition coefficient (Wildman–Crippen LogP) is -0.368. The van der Waals surface area contributed by atoms with Crippen LogP contribution in [-0.4, -0.2) is 32.8 Å². The maximum atomic E-state index is 11.9. The highest BCUT2D eigenvalue weighted by Crippen LogP contribution is 2.11. The van der Waals surface area contributed by atoms with Crippen LogP contribution >= 0.6 is 0 Å². The number of carboxylic acid groups (broad SMARTS) is 1. The minimum absolute atomic E-state index is 0.0443. The molecule has 19 heavy (non-hydrogen) atoms. The van der Waals surface area contributed by atoms with E-state index in [1.54, 1.807) is 12.1 Å². The number of unbranched alkanes of at least 4 members (excludes halogenated alkanes) is 1. The highest BCUT2D eigenvalue weighted by atomic mass is 32.2. The first-order valence-electron chi connectivity index (χ1n) is 5.80. The third-order valence-electron chi connectivity index (χ3n) is 2.46. The van der Waals surface area contributed by atoms with Crippen LogP contribution in [0.4, 0.5) is 5.69 Å². The predicted molar refractivity (Wildman–Crippen MR) is 70.9 cm³/mol. The molecule has 1 aromatic rings. The Hall–Kier alpha value is -1.73. The molecule has 0 amide bonds. The van der Waals surface area contributed by atoms with E-state index in [0.29, 0.717) is 18.5 Å². The lowest BCUT2D eigenvalue weighted by molar-refractivity contribution is -0.342. The summed E-state index contributed by atoms with van der Waals surface area (Å²) in [7, 11) is -3.56. The van der Waals surface area contributed by atoms with Crippen molar-refractivity contribution in [2.45, 2.75) is 24.2 Å². The van der Waals surface area contributed by atoms with E-state index in [0.717, 1.165) is 0 Å². The first-order valence-corrected chi connectivity index (χ1v) is 7.28. The fraction of sp³-hybridized carbons (Fsp3) is 0.333. The summed E-state index contributed by atoms with van der Waals surface area (Å²) in [6, 6.07) is 6.29. The quantitative estimate of drug-likeness (QED) is 0.448. The van der Waals surface area contributed by atoms with Gasteiger partial charge in [0.2, 0.25) is 15.7 Å². The minimum atomic E-state index is -3.56. The van der Waals surface area contributed by atoms with Crippen molar-refractivity contribution in [1.82, 2.24) is 4.72 Å². The van der Waals surface area contributed by atoms with Gasteiger partial charge in [0.25, 0.3) is 0 Å². The Balaban J connectivity index is 2.55. The molecular weight excluding hydrogens is 268 g/mol. The maximum Gasteiger partial charge on any atom is 0.303 e. The van der Waals surface area contributed by atoms with Crippen molar-refractivity contribution in [3.05, 3.63) is 24.3 Å². The Kier molecular flexibility index (Phi) is 5.65. The van der Waals surface area contributed by atoms with Crippen LogP contribution in [0.25, 0.3) is 0 Å². The van der Waals surface area contributed by atoms with Crippen LogP contribution in [0.3, 0.4) is 0 Å². The van der Waals surface area contributed by atoms with Crippen molar-refractivity contribution >= 4 is 28.4 Å². The molecule has 0 fully saturated rings. The Labute approximate surface area is 112 Å². The van der Waals surface area contributed by atoms with Crippen molar-refractivity contribution in [3.63, 3.8) is 0 Å². The van der Waals surface area contributed by atoms with E-state index in [9.17, 15) is 13.2 Å². The molecule has 104 valence electrons. The second kappa shape index (κ2) is 7.01. The van der Waals surface area contributed by atoms with Gasteiger partial charge in [-0.15, -0.1) is 0 Å². The summed E-state index contributed by atoms with van der Waals surface area (Å²) in [6.45, 7) is 3.68. The lowest BCUT2D eigenvalue weighted by Crippen LogP contribution is -2.57. The van der Waals surface area contributed by atoms with Gasteiger partial charge in [-0.25, -0.2) is 18.1 Å². The number of nitrogens with one attached hydrogen (secondary N) is 2. The van der Waals surface area contributed by atoms with Gasteiger partial charge in [-0.1, -0.05) is 6.07 Å². The number of carboxylic acids is 1. The topological polar surface area (TPSA) is 97.4 Å². The average Bonchev–Trinajstić information content (AvgIpc) is 2.38. The van der Waals surface area contributed by atoms with E-state index >= 15 is 0 Å². The number of rotatable bonds is 8. The molecule has 0 radical (unpaired) electrons. The summed E-state index contributed by atoms with van der Waals surface area (Å²) in [5.74, 6) is -0.878. The monoisotopic (exact) mass is 285 g/mol. The number of aliphatic carboxylic acids is 1. The zero-order chi connectivity index (χ0) is 14.3. The maximum absolute atomic E-state index is 11.9. The lowest BCUT2D eigenvalue weighted by Gasteiger charge is -2.05. The van der Waals surface area contributed by atoms with Crippen molar-refractivity contribution in [2.24, 2.45) is 0 Å². The minimum Gasteiger partial charge on any atom is -0.481 e. The molecule has 0 saturated carbocycles. The van der Waals surface area contributed by atoms with Gasteiger partial charge in [-0.3, -0.25) is 4.79 Å². The second-order valence-electron chi connectivity index (χ2n) is 3.95. The second-order valence-corrected chi connectivity index (χ2v) is 5.72. The number of carbonyl (C=O) groups is 1. The summed E-state index contributed by atoms with van der Waals surface area (Å²) in [5.41, 5.74) is 0.605. The summed E-state index contributed by atoms with van der Waals surface area (Å²) in [5, 5.41) is 8.46. The molecule has 0 unspecified atom stereocenters. The number of hydrogen-bond acceptors (Lipinski definition) is 3. The molecule has 0 bridgehead atoms. The molecule has 6 nitrogen and oxygen atoms in total. The molecule has 0 saturated heterocycles. The van der Waals surface area contributed by atoms with Crippen molar-refractivity contribution in [1.29, 1.82) is 0 Å². The molecule has 0 aliphatic rings. The highest BCUT2D eigenvalue weighted by molar-refractivity contribution is 7.89. The molecule has 3 N–H and O–H groups in total. The van der Waals surface area contributed by atoms with E-state index in [4.69, 9.17) is 5.11 Å². The SMILES string of the molecule is C=[NH+]c1cccc(S(=O)(=O)NCCCCC(=O)O)c1. The van der Waals surface area contributed by atoms with Crippen LogP contribution in [0.2, 0.25) is 0 Å². The third kappa shape index (κ3) is 5.19. The molecule has 0 spiro atoms. The van der Waals surface area contributed by atoms with Gasteiger partial charge in [-0.05, 0) is 18.9 Å². The first-order chi connectivity index (χ1) is 8.95. The van der Waals surface area contributed by atoms with E-state index in [2.05, 4.69) is 16.4 Å². The summed E-state index contributed by atoms with van der Waals surface area (Å²) in [6.07, 6.45) is 0.972. The van der Waals surface area contributed by atoms with Crippen LogP contribution in [0.5, 0.6) is 0 Å². The average molecular weight is 285 g/mol. The molecule has 0 atom stereocenters. The van der Waals surface area contributed by atoms with Gasteiger partial charge in [0.15, 0.2) is 0 Å². The fourth-order valence-electron chi connectivity index (χ4n) is 1.46. The number of sulfonamides is 1. The summed E-state index contributed by atoms with van der Waals surface area (Å²) >= 11 is 0. The first kappa shape index (κ1) is 15.3. The zero-order valence-corrected chi connectivity index (χ0v) is 11.2. The van der Waals surface area contributed by atoms with Gasteiger partial charge in [-0.2, -0.15) is 0 Å². The van der Waals surface area contributed by atoms with Crippen molar-refractivity contribution in [2.75, 3.05) is 6.54 Å². The molecular formula is C12H17N2O4S+. The van der Waals surface area contributed by atoms with Crippen LogP contribution in [-0.2, 0) is 14.8 Å². The van der Waals surface area contributed by atoms with E-state index < -0.39 is 16.0 Å². The molecule has 0 aliphatic heterocycles. The van der Waals surface area contributed by atoms with Crippen molar-refractivity contribution < 1.29 is 23.3 Å². The molecule has 7 heteroatoms. The normalized spacial score (nSPS) is 11.2. The third-order valence-corrected chi connectivity index (χ3v) is 3.92. The largest absolute Gasteiger partial charge is 0.481 e. The van der Waals surface area contributed by atoms with E-state index in [-0.39, 0.29) is 17.9 Å². The highest BCUT2D eigenvalue weighted by Gasteiger charge is 2.14. The fourth-order valence-corrected chi connectivity index (χ4v) is 2.58. The number of benzene rings is 1. The summed E-state index contributed by atoms with van der Waals surface area (Å²) in [4.78, 5) is 13.1. The molecule has 0 aliphatic carbocycles. The van der Waals surface area contributed by atoms with Gasteiger partial charge in [0.1, 0.15) is 6.72 Å². The Morgan fingerprint density at radius 2 is 2.11 bits per heavy atom. The van der Waals surface area contributed by atoms with Crippen LogP contribution < -0.4 is 9.71 Å². The standard InChI is InChI=1S/C12H16N2O4S/c1-13-10-5-4-6-11(9-10)19(17,18)14-8-3-2-7-12(15)16/h4-6,9,14H,1-3,7-8H2,(H,15,16)/p+1. The molecule has 1 aromatic carbocycles. The Bertz CT molecular complexity index is 555. The van der Waals surface area contributed by atoms with E-state index in [1.807, 2.05) is 0 Å². The van der Waals surface area contributed by atoms with E-state index in [1.165, 1.54) is 12.1 Å². The molecule has 1 rings (SSSR count). The Morgan fingerprint density at radius 3 is 2.74 bits per heavy atom. The summed E-state index contributed by atoms with van der Waals surface area (Å²) < 4.78 is 26.3. The lowest BCUT2D eigenvalue weighted by atomic mass is 10.2. The van der Waals surface area contributed by atoms with Crippen LogP contribution in [0.15, 0.2) is 29.2 Å². The smallest absolute Gasteiger partial charge is 0.303 e. The van der Waals surface area contributed by atoms with Gasteiger partial charge in [0, 0.05) is 25.1 Å². The Morgan fingerprint density at radius 1 is 1.37 bits per heavy atom. The van der Waals surface area contributed by atoms with Crippen LogP contribution in [0, 0.1) is 0 Å². The zero-order valence-electron chi connectivity index (χ0n) is 10.4.